The van der Waals surface area contributed by atoms with E-state index in [1.54, 1.807) is 11.0 Å². The van der Waals surface area contributed by atoms with Gasteiger partial charge in [-0.1, -0.05) is 17.7 Å². The van der Waals surface area contributed by atoms with Gasteiger partial charge < -0.3 is 20.4 Å². The van der Waals surface area contributed by atoms with Crippen LogP contribution in [0.25, 0.3) is 0 Å². The molecule has 1 heterocycles. The number of nitrogens with one attached hydrogen (secondary N) is 2. The predicted octanol–water partition coefficient (Wildman–Crippen LogP) is 1.81. The second-order valence-electron chi connectivity index (χ2n) is 6.93. The molecular formula is C21H21ClF2N4O3. The molecule has 0 bridgehead atoms. The van der Waals surface area contributed by atoms with Gasteiger partial charge in [-0.3, -0.25) is 14.4 Å². The van der Waals surface area contributed by atoms with E-state index in [4.69, 9.17) is 11.6 Å². The Morgan fingerprint density at radius 3 is 2.35 bits per heavy atom. The lowest BCUT2D eigenvalue weighted by atomic mass is 10.2. The largest absolute Gasteiger partial charge is 0.368 e. The molecular weight excluding hydrogens is 430 g/mol. The maximum absolute atomic E-state index is 13.6. The normalized spacial score (nSPS) is 13.6. The Balaban J connectivity index is 1.39. The van der Waals surface area contributed by atoms with Gasteiger partial charge >= 0.3 is 0 Å². The summed E-state index contributed by atoms with van der Waals surface area (Å²) >= 11 is 6.02. The molecule has 31 heavy (non-hydrogen) atoms. The van der Waals surface area contributed by atoms with Crippen molar-refractivity contribution in [3.05, 3.63) is 64.7 Å². The molecule has 0 unspecified atom stereocenters. The van der Waals surface area contributed by atoms with Crippen molar-refractivity contribution in [1.29, 1.82) is 0 Å². The molecule has 2 aromatic carbocycles. The first-order valence-electron chi connectivity index (χ1n) is 9.62. The van der Waals surface area contributed by atoms with Crippen LogP contribution in [0.5, 0.6) is 0 Å². The van der Waals surface area contributed by atoms with E-state index in [0.717, 1.165) is 17.8 Å². The van der Waals surface area contributed by atoms with Crippen molar-refractivity contribution in [3.63, 3.8) is 0 Å². The Morgan fingerprint density at radius 2 is 1.68 bits per heavy atom. The van der Waals surface area contributed by atoms with Crippen LogP contribution in [0.15, 0.2) is 42.5 Å². The average molecular weight is 451 g/mol. The molecule has 0 atom stereocenters. The lowest BCUT2D eigenvalue weighted by Gasteiger charge is -2.36. The smallest absolute Gasteiger partial charge is 0.254 e. The standard InChI is InChI=1S/C21H21ClF2N4O3/c22-14-2-1-3-16(10-14)27-6-8-28(9-7-27)20(30)13-25-19(29)12-26-21(31)17-5-4-15(23)11-18(17)24/h1-5,10-11H,6-9,12-13H2,(H,25,29)(H,26,31). The van der Waals surface area contributed by atoms with Gasteiger partial charge in [0.2, 0.25) is 11.8 Å². The lowest BCUT2D eigenvalue weighted by molar-refractivity contribution is -0.132. The minimum absolute atomic E-state index is 0.212. The van der Waals surface area contributed by atoms with Gasteiger partial charge in [-0.25, -0.2) is 8.78 Å². The molecule has 1 aliphatic heterocycles. The number of hydrogen-bond donors (Lipinski definition) is 2. The minimum Gasteiger partial charge on any atom is -0.368 e. The van der Waals surface area contributed by atoms with Gasteiger partial charge in [0.05, 0.1) is 18.7 Å². The van der Waals surface area contributed by atoms with Crippen LogP contribution in [0, 0.1) is 11.6 Å². The zero-order valence-corrected chi connectivity index (χ0v) is 17.3. The first-order chi connectivity index (χ1) is 14.8. The number of nitrogens with zero attached hydrogens (tertiary/aromatic N) is 2. The Hall–Kier alpha value is -3.20. The van der Waals surface area contributed by atoms with Crippen LogP contribution >= 0.6 is 11.6 Å². The van der Waals surface area contributed by atoms with E-state index in [2.05, 4.69) is 15.5 Å². The van der Waals surface area contributed by atoms with Crippen molar-refractivity contribution in [1.82, 2.24) is 15.5 Å². The maximum Gasteiger partial charge on any atom is 0.254 e. The monoisotopic (exact) mass is 450 g/mol. The quantitative estimate of drug-likeness (QED) is 0.703. The number of hydrogen-bond acceptors (Lipinski definition) is 4. The van der Waals surface area contributed by atoms with E-state index in [-0.39, 0.29) is 18.0 Å². The van der Waals surface area contributed by atoms with Gasteiger partial charge in [-0.2, -0.15) is 0 Å². The third-order valence-electron chi connectivity index (χ3n) is 4.83. The first kappa shape index (κ1) is 22.5. The molecule has 1 aliphatic rings. The molecule has 1 saturated heterocycles. The zero-order chi connectivity index (χ0) is 22.4. The van der Waals surface area contributed by atoms with Gasteiger partial charge in [-0.05, 0) is 30.3 Å². The van der Waals surface area contributed by atoms with Crippen LogP contribution in [0.2, 0.25) is 5.02 Å². The molecule has 1 fully saturated rings. The first-order valence-corrected chi connectivity index (χ1v) is 9.99. The number of rotatable bonds is 6. The summed E-state index contributed by atoms with van der Waals surface area (Å²) in [6.07, 6.45) is 0. The Bertz CT molecular complexity index is 981. The molecule has 164 valence electrons. The summed E-state index contributed by atoms with van der Waals surface area (Å²) in [6.45, 7) is 1.63. The topological polar surface area (TPSA) is 81.8 Å². The van der Waals surface area contributed by atoms with E-state index in [9.17, 15) is 23.2 Å². The number of carbonyl (C=O) groups excluding carboxylic acids is 3. The molecule has 0 aromatic heterocycles. The lowest BCUT2D eigenvalue weighted by Crippen LogP contribution is -2.51. The molecule has 0 radical (unpaired) electrons. The summed E-state index contributed by atoms with van der Waals surface area (Å²) in [6, 6.07) is 10.0. The number of carbonyl (C=O) groups is 3. The van der Waals surface area contributed by atoms with E-state index in [0.29, 0.717) is 37.3 Å². The van der Waals surface area contributed by atoms with Crippen molar-refractivity contribution in [2.24, 2.45) is 0 Å². The molecule has 3 amide bonds. The van der Waals surface area contributed by atoms with Crippen LogP contribution in [0.4, 0.5) is 14.5 Å². The third-order valence-corrected chi connectivity index (χ3v) is 5.06. The van der Waals surface area contributed by atoms with Gasteiger partial charge in [0.1, 0.15) is 11.6 Å². The van der Waals surface area contributed by atoms with Crippen LogP contribution in [0.1, 0.15) is 10.4 Å². The highest BCUT2D eigenvalue weighted by atomic mass is 35.5. The Kier molecular flexibility index (Phi) is 7.41. The summed E-state index contributed by atoms with van der Waals surface area (Å²) in [5.41, 5.74) is 0.615. The van der Waals surface area contributed by atoms with Gasteiger partial charge in [0.15, 0.2) is 0 Å². The fourth-order valence-corrected chi connectivity index (χ4v) is 3.35. The number of piperazine rings is 1. The molecule has 0 aliphatic carbocycles. The highest BCUT2D eigenvalue weighted by molar-refractivity contribution is 6.30. The highest BCUT2D eigenvalue weighted by Crippen LogP contribution is 2.20. The SMILES string of the molecule is O=C(CNC(=O)c1ccc(F)cc1F)NCC(=O)N1CCN(c2cccc(Cl)c2)CC1. The number of amides is 3. The van der Waals surface area contributed by atoms with Gasteiger partial charge in [-0.15, -0.1) is 0 Å². The number of halogens is 3. The van der Waals surface area contributed by atoms with E-state index >= 15 is 0 Å². The fourth-order valence-electron chi connectivity index (χ4n) is 3.16. The van der Waals surface area contributed by atoms with Crippen molar-refractivity contribution >= 4 is 35.0 Å². The van der Waals surface area contributed by atoms with Crippen molar-refractivity contribution in [2.75, 3.05) is 44.2 Å². The minimum atomic E-state index is -1.02. The summed E-state index contributed by atoms with van der Waals surface area (Å²) in [4.78, 5) is 39.9. The third kappa shape index (κ3) is 6.14. The van der Waals surface area contributed by atoms with Crippen molar-refractivity contribution < 1.29 is 23.2 Å². The summed E-state index contributed by atoms with van der Waals surface area (Å²) in [5.74, 6) is -3.52. The van der Waals surface area contributed by atoms with E-state index in [1.807, 2.05) is 18.2 Å². The summed E-state index contributed by atoms with van der Waals surface area (Å²) in [7, 11) is 0. The van der Waals surface area contributed by atoms with Gasteiger partial charge in [0, 0.05) is 43.0 Å². The van der Waals surface area contributed by atoms with Gasteiger partial charge in [0.25, 0.3) is 5.91 Å². The second-order valence-corrected chi connectivity index (χ2v) is 7.37. The maximum atomic E-state index is 13.6. The van der Waals surface area contributed by atoms with Crippen LogP contribution < -0.4 is 15.5 Å². The fraction of sp³-hybridized carbons (Fsp3) is 0.286. The summed E-state index contributed by atoms with van der Waals surface area (Å²) in [5, 5.41) is 5.31. The van der Waals surface area contributed by atoms with E-state index in [1.165, 1.54) is 0 Å². The highest BCUT2D eigenvalue weighted by Gasteiger charge is 2.22. The second kappa shape index (κ2) is 10.2. The molecule has 3 rings (SSSR count). The Labute approximate surface area is 183 Å². The molecule has 0 saturated carbocycles. The molecule has 2 N–H and O–H groups in total. The zero-order valence-electron chi connectivity index (χ0n) is 16.5. The van der Waals surface area contributed by atoms with Crippen molar-refractivity contribution in [3.8, 4) is 0 Å². The molecule has 10 heteroatoms. The van der Waals surface area contributed by atoms with Crippen LogP contribution in [-0.4, -0.2) is 61.9 Å². The van der Waals surface area contributed by atoms with Crippen LogP contribution in [-0.2, 0) is 9.59 Å². The number of benzene rings is 2. The predicted molar refractivity (Wildman–Crippen MR) is 112 cm³/mol. The number of anilines is 1. The average Bonchev–Trinajstić information content (AvgIpc) is 2.76. The Morgan fingerprint density at radius 1 is 0.935 bits per heavy atom. The van der Waals surface area contributed by atoms with E-state index < -0.39 is 30.0 Å². The van der Waals surface area contributed by atoms with Crippen LogP contribution in [0.3, 0.4) is 0 Å². The molecule has 7 nitrogen and oxygen atoms in total. The summed E-state index contributed by atoms with van der Waals surface area (Å²) < 4.78 is 26.5. The van der Waals surface area contributed by atoms with Crippen molar-refractivity contribution in [2.45, 2.75) is 0 Å². The molecule has 0 spiro atoms. The molecule has 2 aromatic rings.